The minimum Gasteiger partial charge on any atom is -0.200 e. The second-order valence-corrected chi connectivity index (χ2v) is 9.27. The molecule has 4 nitrogen and oxygen atoms in total. The molecule has 0 aliphatic heterocycles. The average molecular weight is 409 g/mol. The lowest BCUT2D eigenvalue weighted by Gasteiger charge is -2.19. The van der Waals surface area contributed by atoms with E-state index in [1.807, 2.05) is 25.1 Å². The second-order valence-electron chi connectivity index (χ2n) is 6.69. The van der Waals surface area contributed by atoms with Gasteiger partial charge in [-0.05, 0) is 53.8 Å². The van der Waals surface area contributed by atoms with Gasteiger partial charge in [0.05, 0.1) is 11.1 Å². The van der Waals surface area contributed by atoms with E-state index in [1.165, 1.54) is 6.21 Å². The molecule has 0 fully saturated rings. The molecule has 0 amide bonds. The van der Waals surface area contributed by atoms with E-state index < -0.39 is 10.0 Å². The molecule has 0 heterocycles. The van der Waals surface area contributed by atoms with E-state index in [-0.39, 0.29) is 10.3 Å². The predicted molar refractivity (Wildman–Crippen MR) is 102 cm³/mol. The van der Waals surface area contributed by atoms with Crippen molar-refractivity contribution in [2.24, 2.45) is 5.10 Å². The van der Waals surface area contributed by atoms with Crippen LogP contribution < -0.4 is 4.83 Å². The standard InChI is InChI=1S/C18H21BrN2O2S/c1-13-5-7-17(8-6-13)24(22,23)21-20-12-14-9-15(18(2,3)4)11-16(19)10-14/h5-12,21H,1-4H3/b20-12-. The van der Waals surface area contributed by atoms with Crippen molar-refractivity contribution in [3.05, 3.63) is 63.6 Å². The number of rotatable bonds is 4. The van der Waals surface area contributed by atoms with Gasteiger partial charge in [0.1, 0.15) is 0 Å². The summed E-state index contributed by atoms with van der Waals surface area (Å²) in [6.07, 6.45) is 1.51. The van der Waals surface area contributed by atoms with Crippen LogP contribution in [-0.2, 0) is 15.4 Å². The summed E-state index contributed by atoms with van der Waals surface area (Å²) in [6, 6.07) is 12.6. The van der Waals surface area contributed by atoms with E-state index in [4.69, 9.17) is 0 Å². The van der Waals surface area contributed by atoms with Crippen LogP contribution in [0.4, 0.5) is 0 Å². The fraction of sp³-hybridized carbons (Fsp3) is 0.278. The van der Waals surface area contributed by atoms with Crippen molar-refractivity contribution in [1.29, 1.82) is 0 Å². The third-order valence-electron chi connectivity index (χ3n) is 3.50. The zero-order chi connectivity index (χ0) is 18.0. The molecule has 2 aromatic carbocycles. The van der Waals surface area contributed by atoms with Gasteiger partial charge < -0.3 is 0 Å². The van der Waals surface area contributed by atoms with Gasteiger partial charge in [0.25, 0.3) is 10.0 Å². The molecule has 128 valence electrons. The Bertz CT molecular complexity index is 852. The fourth-order valence-electron chi connectivity index (χ4n) is 2.06. The van der Waals surface area contributed by atoms with Gasteiger partial charge in [-0.25, -0.2) is 4.83 Å². The Morgan fingerprint density at radius 1 is 1.08 bits per heavy atom. The Kier molecular flexibility index (Phi) is 5.50. The maximum atomic E-state index is 12.2. The van der Waals surface area contributed by atoms with Gasteiger partial charge >= 0.3 is 0 Å². The summed E-state index contributed by atoms with van der Waals surface area (Å²) in [7, 11) is -3.66. The van der Waals surface area contributed by atoms with Crippen LogP contribution in [0.1, 0.15) is 37.5 Å². The molecule has 0 saturated carbocycles. The molecule has 1 N–H and O–H groups in total. The number of hydrogen-bond acceptors (Lipinski definition) is 3. The van der Waals surface area contributed by atoms with Gasteiger partial charge in [0.2, 0.25) is 0 Å². The first kappa shape index (κ1) is 18.7. The number of nitrogens with zero attached hydrogens (tertiary/aromatic N) is 1. The van der Waals surface area contributed by atoms with Gasteiger partial charge in [-0.15, -0.1) is 0 Å². The first-order valence-electron chi connectivity index (χ1n) is 7.50. The van der Waals surface area contributed by atoms with Crippen molar-refractivity contribution in [1.82, 2.24) is 4.83 Å². The van der Waals surface area contributed by atoms with Crippen LogP contribution in [0.15, 0.2) is 56.9 Å². The maximum Gasteiger partial charge on any atom is 0.276 e. The van der Waals surface area contributed by atoms with Crippen molar-refractivity contribution < 1.29 is 8.42 Å². The normalized spacial score (nSPS) is 12.5. The highest BCUT2D eigenvalue weighted by Crippen LogP contribution is 2.26. The van der Waals surface area contributed by atoms with Gasteiger partial charge in [0, 0.05) is 4.47 Å². The molecule has 0 atom stereocenters. The predicted octanol–water partition coefficient (Wildman–Crippen LogP) is 4.37. The maximum absolute atomic E-state index is 12.2. The molecule has 0 radical (unpaired) electrons. The summed E-state index contributed by atoms with van der Waals surface area (Å²) in [5, 5.41) is 3.89. The van der Waals surface area contributed by atoms with E-state index >= 15 is 0 Å². The minimum atomic E-state index is -3.66. The number of sulfonamides is 1. The van der Waals surface area contributed by atoms with Gasteiger partial charge in [0.15, 0.2) is 0 Å². The van der Waals surface area contributed by atoms with Crippen LogP contribution in [-0.4, -0.2) is 14.6 Å². The summed E-state index contributed by atoms with van der Waals surface area (Å²) in [5.41, 5.74) is 2.95. The Hall–Kier alpha value is -1.66. The van der Waals surface area contributed by atoms with E-state index in [0.29, 0.717) is 0 Å². The Balaban J connectivity index is 2.20. The topological polar surface area (TPSA) is 58.5 Å². The van der Waals surface area contributed by atoms with Gasteiger partial charge in [-0.3, -0.25) is 0 Å². The fourth-order valence-corrected chi connectivity index (χ4v) is 3.36. The molecule has 0 aromatic heterocycles. The monoisotopic (exact) mass is 408 g/mol. The number of aryl methyl sites for hydroxylation is 1. The summed E-state index contributed by atoms with van der Waals surface area (Å²) in [6.45, 7) is 8.27. The second kappa shape index (κ2) is 7.07. The molecule has 24 heavy (non-hydrogen) atoms. The Morgan fingerprint density at radius 2 is 1.71 bits per heavy atom. The largest absolute Gasteiger partial charge is 0.276 e. The highest BCUT2D eigenvalue weighted by Gasteiger charge is 2.15. The van der Waals surface area contributed by atoms with E-state index in [0.717, 1.165) is 21.2 Å². The number of benzene rings is 2. The van der Waals surface area contributed by atoms with Crippen molar-refractivity contribution in [3.63, 3.8) is 0 Å². The molecule has 0 unspecified atom stereocenters. The third kappa shape index (κ3) is 4.92. The third-order valence-corrected chi connectivity index (χ3v) is 5.20. The van der Waals surface area contributed by atoms with Crippen LogP contribution in [0.5, 0.6) is 0 Å². The van der Waals surface area contributed by atoms with Crippen molar-refractivity contribution in [2.75, 3.05) is 0 Å². The van der Waals surface area contributed by atoms with Crippen LogP contribution in [0.25, 0.3) is 0 Å². The molecule has 2 aromatic rings. The highest BCUT2D eigenvalue weighted by molar-refractivity contribution is 9.10. The lowest BCUT2D eigenvalue weighted by atomic mass is 9.86. The Labute approximate surface area is 152 Å². The lowest BCUT2D eigenvalue weighted by molar-refractivity contribution is 0.584. The van der Waals surface area contributed by atoms with E-state index in [2.05, 4.69) is 46.6 Å². The molecule has 0 aliphatic rings. The first-order valence-corrected chi connectivity index (χ1v) is 9.78. The molecule has 0 bridgehead atoms. The number of nitrogens with one attached hydrogen (secondary N) is 1. The van der Waals surface area contributed by atoms with Gasteiger partial charge in [-0.2, -0.15) is 13.5 Å². The molecular formula is C18H21BrN2O2S. The van der Waals surface area contributed by atoms with Crippen molar-refractivity contribution >= 4 is 32.2 Å². The SMILES string of the molecule is Cc1ccc(S(=O)(=O)N/N=C\c2cc(Br)cc(C(C)(C)C)c2)cc1. The van der Waals surface area contributed by atoms with Crippen molar-refractivity contribution in [2.45, 2.75) is 38.0 Å². The van der Waals surface area contributed by atoms with Crippen LogP contribution >= 0.6 is 15.9 Å². The lowest BCUT2D eigenvalue weighted by Crippen LogP contribution is -2.18. The first-order chi connectivity index (χ1) is 11.1. The molecular weight excluding hydrogens is 388 g/mol. The minimum absolute atomic E-state index is 0.00618. The highest BCUT2D eigenvalue weighted by atomic mass is 79.9. The molecule has 0 aliphatic carbocycles. The summed E-state index contributed by atoms with van der Waals surface area (Å²) in [4.78, 5) is 2.44. The summed E-state index contributed by atoms with van der Waals surface area (Å²) in [5.74, 6) is 0. The zero-order valence-corrected chi connectivity index (χ0v) is 16.6. The van der Waals surface area contributed by atoms with Crippen LogP contribution in [0.3, 0.4) is 0 Å². The van der Waals surface area contributed by atoms with Crippen molar-refractivity contribution in [3.8, 4) is 0 Å². The quantitative estimate of drug-likeness (QED) is 0.602. The number of hydrazone groups is 1. The van der Waals surface area contributed by atoms with E-state index in [1.54, 1.807) is 24.3 Å². The zero-order valence-electron chi connectivity index (χ0n) is 14.2. The summed E-state index contributed by atoms with van der Waals surface area (Å²) < 4.78 is 25.3. The number of halogens is 1. The Morgan fingerprint density at radius 3 is 2.29 bits per heavy atom. The molecule has 6 heteroatoms. The molecule has 2 rings (SSSR count). The van der Waals surface area contributed by atoms with Crippen LogP contribution in [0.2, 0.25) is 0 Å². The average Bonchev–Trinajstić information content (AvgIpc) is 2.46. The molecule has 0 spiro atoms. The smallest absolute Gasteiger partial charge is 0.200 e. The summed E-state index contributed by atoms with van der Waals surface area (Å²) >= 11 is 3.48. The van der Waals surface area contributed by atoms with Gasteiger partial charge in [-0.1, -0.05) is 54.4 Å². The molecule has 0 saturated heterocycles. The number of hydrogen-bond donors (Lipinski definition) is 1. The van der Waals surface area contributed by atoms with Crippen LogP contribution in [0, 0.1) is 6.92 Å². The van der Waals surface area contributed by atoms with E-state index in [9.17, 15) is 8.42 Å².